The Hall–Kier alpha value is -1.15. The molecule has 1 N–H and O–H groups in total. The Labute approximate surface area is 169 Å². The van der Waals surface area contributed by atoms with E-state index in [-0.39, 0.29) is 17.3 Å². The molecule has 7 atom stereocenters. The SMILES string of the molecule is C[C@]12CCCC[C@H]1CC[C@@H]1[C@@H]2CC[C@]2(C)[C@H](O)/C(=C/c3cccc(F)c3)C[C@@H]12. The summed E-state index contributed by atoms with van der Waals surface area (Å²) in [5.74, 6) is 2.91. The fourth-order valence-electron chi connectivity index (χ4n) is 8.10. The first-order valence-electron chi connectivity index (χ1n) is 11.6. The highest BCUT2D eigenvalue weighted by Crippen LogP contribution is 2.67. The molecular formula is C26H35FO. The zero-order chi connectivity index (χ0) is 19.5. The van der Waals surface area contributed by atoms with Crippen molar-refractivity contribution in [3.8, 4) is 0 Å². The van der Waals surface area contributed by atoms with Gasteiger partial charge in [-0.05, 0) is 97.3 Å². The van der Waals surface area contributed by atoms with Gasteiger partial charge in [0.1, 0.15) is 5.82 Å². The summed E-state index contributed by atoms with van der Waals surface area (Å²) >= 11 is 0. The van der Waals surface area contributed by atoms with E-state index in [2.05, 4.69) is 19.9 Å². The van der Waals surface area contributed by atoms with Crippen LogP contribution in [-0.4, -0.2) is 11.2 Å². The molecular weight excluding hydrogens is 347 g/mol. The Morgan fingerprint density at radius 2 is 1.86 bits per heavy atom. The van der Waals surface area contributed by atoms with E-state index < -0.39 is 0 Å². The molecule has 2 heteroatoms. The Balaban J connectivity index is 1.46. The van der Waals surface area contributed by atoms with Crippen LogP contribution in [0, 0.1) is 40.3 Å². The van der Waals surface area contributed by atoms with Crippen LogP contribution in [0.4, 0.5) is 4.39 Å². The van der Waals surface area contributed by atoms with Crippen molar-refractivity contribution in [2.24, 2.45) is 34.5 Å². The maximum absolute atomic E-state index is 13.6. The summed E-state index contributed by atoms with van der Waals surface area (Å²) in [6.45, 7) is 4.94. The first-order chi connectivity index (χ1) is 13.4. The first kappa shape index (κ1) is 18.9. The van der Waals surface area contributed by atoms with E-state index in [1.54, 1.807) is 12.1 Å². The van der Waals surface area contributed by atoms with Crippen molar-refractivity contribution in [2.45, 2.75) is 77.7 Å². The third kappa shape index (κ3) is 2.74. The minimum absolute atomic E-state index is 0.00180. The molecule has 1 aromatic rings. The molecule has 0 saturated heterocycles. The van der Waals surface area contributed by atoms with Gasteiger partial charge in [0.05, 0.1) is 6.10 Å². The van der Waals surface area contributed by atoms with Crippen molar-refractivity contribution in [3.05, 3.63) is 41.2 Å². The minimum atomic E-state index is -0.376. The van der Waals surface area contributed by atoms with Crippen molar-refractivity contribution >= 4 is 6.08 Å². The van der Waals surface area contributed by atoms with Gasteiger partial charge in [-0.2, -0.15) is 0 Å². The van der Waals surface area contributed by atoms with Crippen molar-refractivity contribution in [1.29, 1.82) is 0 Å². The van der Waals surface area contributed by atoms with Gasteiger partial charge >= 0.3 is 0 Å². The van der Waals surface area contributed by atoms with E-state index in [0.29, 0.717) is 11.3 Å². The molecule has 5 rings (SSSR count). The molecule has 0 heterocycles. The summed E-state index contributed by atoms with van der Waals surface area (Å²) in [4.78, 5) is 0. The summed E-state index contributed by atoms with van der Waals surface area (Å²) in [5, 5.41) is 11.3. The standard InChI is InChI=1S/C26H35FO/c1-25-12-4-3-7-19(25)9-10-21-22(25)11-13-26(2)23(21)16-18(24(26)28)14-17-6-5-8-20(27)15-17/h5-6,8,14-15,19,21-24,28H,3-4,7,9-13,16H2,1-2H3/b18-14+/t19-,21+,22-,23-,24+,25-,26-/m0/s1. The summed E-state index contributed by atoms with van der Waals surface area (Å²) in [6, 6.07) is 6.78. The molecule has 0 aromatic heterocycles. The Bertz CT molecular complexity index is 784. The van der Waals surface area contributed by atoms with Gasteiger partial charge < -0.3 is 5.11 Å². The largest absolute Gasteiger partial charge is 0.388 e. The number of rotatable bonds is 1. The maximum Gasteiger partial charge on any atom is 0.123 e. The molecule has 0 bridgehead atoms. The number of aliphatic hydroxyl groups is 1. The third-order valence-corrected chi connectivity index (χ3v) is 9.65. The third-order valence-electron chi connectivity index (χ3n) is 9.65. The van der Waals surface area contributed by atoms with Crippen molar-refractivity contribution in [2.75, 3.05) is 0 Å². The molecule has 4 aliphatic rings. The van der Waals surface area contributed by atoms with E-state index in [4.69, 9.17) is 0 Å². The lowest BCUT2D eigenvalue weighted by Gasteiger charge is -2.60. The normalized spacial score (nSPS) is 46.7. The molecule has 0 radical (unpaired) electrons. The minimum Gasteiger partial charge on any atom is -0.388 e. The molecule has 4 saturated carbocycles. The summed E-state index contributed by atoms with van der Waals surface area (Å²) in [6.07, 6.45) is 13.6. The van der Waals surface area contributed by atoms with Gasteiger partial charge in [0, 0.05) is 5.41 Å². The van der Waals surface area contributed by atoms with Crippen molar-refractivity contribution < 1.29 is 9.50 Å². The second kappa shape index (κ2) is 6.69. The molecule has 1 aromatic carbocycles. The number of hydrogen-bond donors (Lipinski definition) is 1. The highest BCUT2D eigenvalue weighted by Gasteiger charge is 2.60. The summed E-state index contributed by atoms with van der Waals surface area (Å²) in [5.41, 5.74) is 2.55. The first-order valence-corrected chi connectivity index (χ1v) is 11.6. The fraction of sp³-hybridized carbons (Fsp3) is 0.692. The van der Waals surface area contributed by atoms with Crippen LogP contribution >= 0.6 is 0 Å². The van der Waals surface area contributed by atoms with Gasteiger partial charge in [-0.15, -0.1) is 0 Å². The van der Waals surface area contributed by atoms with Gasteiger partial charge in [0.25, 0.3) is 0 Å². The van der Waals surface area contributed by atoms with E-state index in [1.807, 2.05) is 6.07 Å². The quantitative estimate of drug-likeness (QED) is 0.579. The van der Waals surface area contributed by atoms with E-state index in [0.717, 1.165) is 41.7 Å². The summed E-state index contributed by atoms with van der Waals surface area (Å²) in [7, 11) is 0. The lowest BCUT2D eigenvalue weighted by Crippen LogP contribution is -2.53. The van der Waals surface area contributed by atoms with Gasteiger partial charge in [0.15, 0.2) is 0 Å². The summed E-state index contributed by atoms with van der Waals surface area (Å²) < 4.78 is 13.6. The van der Waals surface area contributed by atoms with Crippen LogP contribution in [-0.2, 0) is 0 Å². The van der Waals surface area contributed by atoms with Crippen molar-refractivity contribution in [1.82, 2.24) is 0 Å². The monoisotopic (exact) mass is 382 g/mol. The lowest BCUT2D eigenvalue weighted by atomic mass is 9.45. The van der Waals surface area contributed by atoms with E-state index in [1.165, 1.54) is 51.0 Å². The number of halogens is 1. The topological polar surface area (TPSA) is 20.2 Å². The zero-order valence-corrected chi connectivity index (χ0v) is 17.5. The highest BCUT2D eigenvalue weighted by molar-refractivity contribution is 5.55. The smallest absolute Gasteiger partial charge is 0.123 e. The average molecular weight is 383 g/mol. The molecule has 0 unspecified atom stereocenters. The van der Waals surface area contributed by atoms with Crippen LogP contribution in [0.2, 0.25) is 0 Å². The second-order valence-electron chi connectivity index (χ2n) is 10.8. The number of fused-ring (bicyclic) bond motifs is 5. The van der Waals surface area contributed by atoms with Crippen LogP contribution in [0.3, 0.4) is 0 Å². The highest BCUT2D eigenvalue weighted by atomic mass is 19.1. The fourth-order valence-corrected chi connectivity index (χ4v) is 8.10. The molecule has 0 aliphatic heterocycles. The predicted octanol–water partition coefficient (Wildman–Crippen LogP) is 6.61. The molecule has 28 heavy (non-hydrogen) atoms. The molecule has 152 valence electrons. The van der Waals surface area contributed by atoms with Gasteiger partial charge in [-0.25, -0.2) is 4.39 Å². The van der Waals surface area contributed by atoms with Crippen LogP contribution in [0.1, 0.15) is 77.2 Å². The van der Waals surface area contributed by atoms with Crippen LogP contribution in [0.15, 0.2) is 29.8 Å². The van der Waals surface area contributed by atoms with Gasteiger partial charge in [-0.1, -0.05) is 44.9 Å². The second-order valence-corrected chi connectivity index (χ2v) is 10.8. The van der Waals surface area contributed by atoms with Gasteiger partial charge in [0.2, 0.25) is 0 Å². The van der Waals surface area contributed by atoms with Gasteiger partial charge in [-0.3, -0.25) is 0 Å². The van der Waals surface area contributed by atoms with E-state index >= 15 is 0 Å². The Kier molecular flexibility index (Phi) is 4.50. The average Bonchev–Trinajstić information content (AvgIpc) is 2.92. The van der Waals surface area contributed by atoms with Crippen molar-refractivity contribution in [3.63, 3.8) is 0 Å². The van der Waals surface area contributed by atoms with Crippen LogP contribution < -0.4 is 0 Å². The lowest BCUT2D eigenvalue weighted by molar-refractivity contribution is -0.119. The maximum atomic E-state index is 13.6. The van der Waals surface area contributed by atoms with Crippen LogP contribution in [0.5, 0.6) is 0 Å². The number of aliphatic hydroxyl groups excluding tert-OH is 1. The van der Waals surface area contributed by atoms with Crippen LogP contribution in [0.25, 0.3) is 6.08 Å². The predicted molar refractivity (Wildman–Crippen MR) is 112 cm³/mol. The molecule has 1 nitrogen and oxygen atoms in total. The molecule has 4 aliphatic carbocycles. The Morgan fingerprint density at radius 1 is 1.00 bits per heavy atom. The number of hydrogen-bond acceptors (Lipinski definition) is 1. The molecule has 0 spiro atoms. The number of benzene rings is 1. The molecule has 0 amide bonds. The Morgan fingerprint density at radius 3 is 2.68 bits per heavy atom. The van der Waals surface area contributed by atoms with E-state index in [9.17, 15) is 9.50 Å². The molecule has 4 fully saturated rings. The zero-order valence-electron chi connectivity index (χ0n) is 17.5.